The Morgan fingerprint density at radius 3 is 2.44 bits per heavy atom. The van der Waals surface area contributed by atoms with Gasteiger partial charge in [0.2, 0.25) is 0 Å². The Hall–Kier alpha value is -1.06. The molecule has 1 rings (SSSR count). The molecule has 0 radical (unpaired) electrons. The van der Waals surface area contributed by atoms with Crippen molar-refractivity contribution in [1.29, 1.82) is 0 Å². The molecule has 0 spiro atoms. The van der Waals surface area contributed by atoms with Crippen molar-refractivity contribution >= 4 is 0 Å². The molecule has 3 heteroatoms. The van der Waals surface area contributed by atoms with Gasteiger partial charge >= 0.3 is 0 Å². The lowest BCUT2D eigenvalue weighted by atomic mass is 10.1. The summed E-state index contributed by atoms with van der Waals surface area (Å²) in [6.45, 7) is 6.18. The van der Waals surface area contributed by atoms with Crippen molar-refractivity contribution in [2.24, 2.45) is 5.73 Å². The summed E-state index contributed by atoms with van der Waals surface area (Å²) in [5, 5.41) is 0. The van der Waals surface area contributed by atoms with Crippen LogP contribution in [-0.2, 0) is 4.74 Å². The maximum Gasteiger partial charge on any atom is 0.119 e. The molecule has 0 aliphatic carbocycles. The summed E-state index contributed by atoms with van der Waals surface area (Å²) in [5.41, 5.74) is 6.89. The van der Waals surface area contributed by atoms with Crippen molar-refractivity contribution in [1.82, 2.24) is 0 Å². The van der Waals surface area contributed by atoms with E-state index in [4.69, 9.17) is 15.2 Å². The fraction of sp³-hybridized carbons (Fsp3) is 0.538. The molecule has 2 N–H and O–H groups in total. The molecule has 1 aromatic rings. The van der Waals surface area contributed by atoms with Crippen LogP contribution >= 0.6 is 0 Å². The fourth-order valence-electron chi connectivity index (χ4n) is 1.36. The second-order valence-electron chi connectivity index (χ2n) is 3.76. The molecule has 0 saturated carbocycles. The van der Waals surface area contributed by atoms with Gasteiger partial charge in [0.25, 0.3) is 0 Å². The highest BCUT2D eigenvalue weighted by Gasteiger charge is 1.99. The van der Waals surface area contributed by atoms with Gasteiger partial charge in [-0.3, -0.25) is 0 Å². The van der Waals surface area contributed by atoms with Crippen LogP contribution in [0.25, 0.3) is 0 Å². The Labute approximate surface area is 97.6 Å². The lowest BCUT2D eigenvalue weighted by molar-refractivity contribution is 0.131. The van der Waals surface area contributed by atoms with Crippen molar-refractivity contribution < 1.29 is 9.47 Å². The third-order valence-electron chi connectivity index (χ3n) is 2.31. The number of hydrogen-bond acceptors (Lipinski definition) is 3. The van der Waals surface area contributed by atoms with Crippen molar-refractivity contribution in [3.05, 3.63) is 29.8 Å². The molecule has 90 valence electrons. The minimum Gasteiger partial charge on any atom is -0.494 e. The van der Waals surface area contributed by atoms with E-state index in [0.717, 1.165) is 30.9 Å². The normalized spacial score (nSPS) is 12.4. The number of benzene rings is 1. The van der Waals surface area contributed by atoms with E-state index in [9.17, 15) is 0 Å². The Balaban J connectivity index is 2.27. The van der Waals surface area contributed by atoms with E-state index in [1.165, 1.54) is 0 Å². The van der Waals surface area contributed by atoms with Gasteiger partial charge < -0.3 is 15.2 Å². The molecule has 1 atom stereocenters. The lowest BCUT2D eigenvalue weighted by Gasteiger charge is -2.08. The Kier molecular flexibility index (Phi) is 5.90. The Morgan fingerprint density at radius 1 is 1.19 bits per heavy atom. The minimum absolute atomic E-state index is 0.0759. The minimum atomic E-state index is 0.0759. The average molecular weight is 223 g/mol. The first-order valence-electron chi connectivity index (χ1n) is 5.80. The monoisotopic (exact) mass is 223 g/mol. The first-order chi connectivity index (χ1) is 7.74. The second kappa shape index (κ2) is 7.25. The molecule has 0 fully saturated rings. The molecule has 0 heterocycles. The molecule has 16 heavy (non-hydrogen) atoms. The van der Waals surface area contributed by atoms with E-state index in [0.29, 0.717) is 6.61 Å². The molecule has 3 nitrogen and oxygen atoms in total. The second-order valence-corrected chi connectivity index (χ2v) is 3.76. The molecular formula is C13H21NO2. The van der Waals surface area contributed by atoms with Crippen LogP contribution in [0.5, 0.6) is 5.75 Å². The Bertz CT molecular complexity index is 282. The van der Waals surface area contributed by atoms with Gasteiger partial charge in [0.1, 0.15) is 5.75 Å². The van der Waals surface area contributed by atoms with Gasteiger partial charge in [-0.25, -0.2) is 0 Å². The molecule has 1 aromatic carbocycles. The van der Waals surface area contributed by atoms with Gasteiger partial charge in [-0.2, -0.15) is 0 Å². The molecule has 0 aliphatic rings. The van der Waals surface area contributed by atoms with Crippen molar-refractivity contribution in [2.75, 3.05) is 19.8 Å². The zero-order valence-corrected chi connectivity index (χ0v) is 10.1. The van der Waals surface area contributed by atoms with Gasteiger partial charge in [0, 0.05) is 25.7 Å². The summed E-state index contributed by atoms with van der Waals surface area (Å²) in [5.74, 6) is 0.890. The lowest BCUT2D eigenvalue weighted by Crippen LogP contribution is -2.05. The van der Waals surface area contributed by atoms with Gasteiger partial charge in [-0.1, -0.05) is 12.1 Å². The summed E-state index contributed by atoms with van der Waals surface area (Å²) in [4.78, 5) is 0. The summed E-state index contributed by atoms with van der Waals surface area (Å²) in [6.07, 6.45) is 0.920. The topological polar surface area (TPSA) is 44.5 Å². The fourth-order valence-corrected chi connectivity index (χ4v) is 1.36. The third kappa shape index (κ3) is 4.64. The van der Waals surface area contributed by atoms with Crippen LogP contribution in [0, 0.1) is 0 Å². The molecule has 0 aliphatic heterocycles. The van der Waals surface area contributed by atoms with E-state index in [2.05, 4.69) is 0 Å². The SMILES string of the molecule is CCOCCCOc1ccc([C@H](C)N)cc1. The van der Waals surface area contributed by atoms with Crippen molar-refractivity contribution in [2.45, 2.75) is 26.3 Å². The van der Waals surface area contributed by atoms with Gasteiger partial charge in [0.15, 0.2) is 0 Å². The molecular weight excluding hydrogens is 202 g/mol. The largest absolute Gasteiger partial charge is 0.494 e. The van der Waals surface area contributed by atoms with Crippen LogP contribution in [0.1, 0.15) is 31.9 Å². The zero-order valence-electron chi connectivity index (χ0n) is 10.1. The number of hydrogen-bond donors (Lipinski definition) is 1. The summed E-state index contributed by atoms with van der Waals surface area (Å²) in [6, 6.07) is 8.00. The highest BCUT2D eigenvalue weighted by atomic mass is 16.5. The molecule has 0 bridgehead atoms. The molecule has 0 aromatic heterocycles. The van der Waals surface area contributed by atoms with Gasteiger partial charge in [-0.15, -0.1) is 0 Å². The number of ether oxygens (including phenoxy) is 2. The summed E-state index contributed by atoms with van der Waals surface area (Å²) >= 11 is 0. The van der Waals surface area contributed by atoms with E-state index in [-0.39, 0.29) is 6.04 Å². The summed E-state index contributed by atoms with van der Waals surface area (Å²) in [7, 11) is 0. The maximum absolute atomic E-state index is 5.76. The third-order valence-corrected chi connectivity index (χ3v) is 2.31. The van der Waals surface area contributed by atoms with Crippen LogP contribution in [0.4, 0.5) is 0 Å². The molecule has 0 amide bonds. The van der Waals surface area contributed by atoms with Crippen LogP contribution in [-0.4, -0.2) is 19.8 Å². The molecule has 0 saturated heterocycles. The highest BCUT2D eigenvalue weighted by Crippen LogP contribution is 2.16. The number of rotatable bonds is 7. The zero-order chi connectivity index (χ0) is 11.8. The smallest absolute Gasteiger partial charge is 0.119 e. The first kappa shape index (κ1) is 13.0. The van der Waals surface area contributed by atoms with Gasteiger partial charge in [0.05, 0.1) is 6.61 Å². The predicted octanol–water partition coefficient (Wildman–Crippen LogP) is 2.51. The Morgan fingerprint density at radius 2 is 1.88 bits per heavy atom. The van der Waals surface area contributed by atoms with Gasteiger partial charge in [-0.05, 0) is 31.5 Å². The first-order valence-corrected chi connectivity index (χ1v) is 5.80. The quantitative estimate of drug-likeness (QED) is 0.722. The standard InChI is InChI=1S/C13H21NO2/c1-3-15-9-4-10-16-13-7-5-12(6-8-13)11(2)14/h5-8,11H,3-4,9-10,14H2,1-2H3/t11-/m0/s1. The van der Waals surface area contributed by atoms with Crippen LogP contribution in [0.3, 0.4) is 0 Å². The van der Waals surface area contributed by atoms with E-state index in [1.54, 1.807) is 0 Å². The van der Waals surface area contributed by atoms with E-state index >= 15 is 0 Å². The van der Waals surface area contributed by atoms with Crippen LogP contribution < -0.4 is 10.5 Å². The molecule has 0 unspecified atom stereocenters. The average Bonchev–Trinajstić information content (AvgIpc) is 2.29. The van der Waals surface area contributed by atoms with Crippen LogP contribution in [0.15, 0.2) is 24.3 Å². The highest BCUT2D eigenvalue weighted by molar-refractivity contribution is 5.28. The number of nitrogens with two attached hydrogens (primary N) is 1. The van der Waals surface area contributed by atoms with Crippen molar-refractivity contribution in [3.63, 3.8) is 0 Å². The van der Waals surface area contributed by atoms with Crippen LogP contribution in [0.2, 0.25) is 0 Å². The van der Waals surface area contributed by atoms with E-state index < -0.39 is 0 Å². The predicted molar refractivity (Wildman–Crippen MR) is 65.6 cm³/mol. The maximum atomic E-state index is 5.76. The summed E-state index contributed by atoms with van der Waals surface area (Å²) < 4.78 is 10.8. The van der Waals surface area contributed by atoms with E-state index in [1.807, 2.05) is 38.1 Å². The van der Waals surface area contributed by atoms with Crippen molar-refractivity contribution in [3.8, 4) is 5.75 Å².